The molecule has 2 rings (SSSR count). The van der Waals surface area contributed by atoms with Gasteiger partial charge in [-0.25, -0.2) is 4.79 Å². The first kappa shape index (κ1) is 11.7. The van der Waals surface area contributed by atoms with Crippen LogP contribution in [0, 0.1) is 0 Å². The summed E-state index contributed by atoms with van der Waals surface area (Å²) in [6.07, 6.45) is 3.33. The summed E-state index contributed by atoms with van der Waals surface area (Å²) in [5, 5.41) is 3.83. The molecule has 0 aliphatic carbocycles. The molecule has 0 saturated carbocycles. The van der Waals surface area contributed by atoms with Gasteiger partial charge in [0.2, 0.25) is 5.91 Å². The molecule has 2 heterocycles. The predicted octanol–water partition coefficient (Wildman–Crippen LogP) is -0.104. The lowest BCUT2D eigenvalue weighted by molar-refractivity contribution is -0.124. The number of amides is 3. The van der Waals surface area contributed by atoms with Gasteiger partial charge in [0.05, 0.1) is 13.2 Å². The second-order valence-corrected chi connectivity index (χ2v) is 3.85. The van der Waals surface area contributed by atoms with Crippen molar-refractivity contribution in [2.75, 3.05) is 26.7 Å². The largest absolute Gasteiger partial charge is 0.355 e. The van der Waals surface area contributed by atoms with Gasteiger partial charge in [-0.05, 0) is 0 Å². The van der Waals surface area contributed by atoms with Crippen LogP contribution >= 0.6 is 0 Å². The molecule has 2 aliphatic rings. The van der Waals surface area contributed by atoms with Crippen molar-refractivity contribution in [3.63, 3.8) is 0 Å². The molecule has 0 radical (unpaired) electrons. The third-order valence-electron chi connectivity index (χ3n) is 2.85. The summed E-state index contributed by atoms with van der Waals surface area (Å²) < 4.78 is 0. The fraction of sp³-hybridized carbons (Fsp3) is 0.455. The summed E-state index contributed by atoms with van der Waals surface area (Å²) in [7, 11) is 1.57. The number of hydrogen-bond acceptors (Lipinski definition) is 3. The highest BCUT2D eigenvalue weighted by molar-refractivity contribution is 5.96. The first-order valence-electron chi connectivity index (χ1n) is 5.43. The molecule has 1 fully saturated rings. The normalized spacial score (nSPS) is 22.5. The fourth-order valence-electron chi connectivity index (χ4n) is 2.02. The highest BCUT2D eigenvalue weighted by Crippen LogP contribution is 2.26. The van der Waals surface area contributed by atoms with E-state index in [1.54, 1.807) is 24.1 Å². The minimum absolute atomic E-state index is 0.170. The molecule has 6 nitrogen and oxygen atoms in total. The van der Waals surface area contributed by atoms with Crippen LogP contribution in [0.1, 0.15) is 0 Å². The van der Waals surface area contributed by atoms with Crippen LogP contribution in [0.2, 0.25) is 0 Å². The van der Waals surface area contributed by atoms with E-state index in [0.29, 0.717) is 18.7 Å². The van der Waals surface area contributed by atoms with Crippen LogP contribution in [-0.2, 0) is 9.63 Å². The zero-order valence-electron chi connectivity index (χ0n) is 9.68. The Kier molecular flexibility index (Phi) is 3.14. The Bertz CT molecular complexity index is 391. The van der Waals surface area contributed by atoms with Crippen LogP contribution in [0.5, 0.6) is 0 Å². The van der Waals surface area contributed by atoms with E-state index in [0.717, 1.165) is 0 Å². The molecule has 17 heavy (non-hydrogen) atoms. The molecule has 0 spiro atoms. The van der Waals surface area contributed by atoms with Gasteiger partial charge in [-0.1, -0.05) is 12.2 Å². The fourth-order valence-corrected chi connectivity index (χ4v) is 2.02. The van der Waals surface area contributed by atoms with E-state index in [-0.39, 0.29) is 24.6 Å². The van der Waals surface area contributed by atoms with Gasteiger partial charge in [0.1, 0.15) is 6.04 Å². The van der Waals surface area contributed by atoms with Gasteiger partial charge in [-0.3, -0.25) is 9.63 Å². The Hall–Kier alpha value is -1.82. The third-order valence-corrected chi connectivity index (χ3v) is 2.85. The first-order chi connectivity index (χ1) is 8.19. The van der Waals surface area contributed by atoms with Crippen molar-refractivity contribution >= 4 is 11.9 Å². The minimum atomic E-state index is -0.323. The van der Waals surface area contributed by atoms with Crippen molar-refractivity contribution in [1.29, 1.82) is 0 Å². The van der Waals surface area contributed by atoms with Crippen molar-refractivity contribution in [1.82, 2.24) is 15.3 Å². The molecule has 2 bridgehead atoms. The lowest BCUT2D eigenvalue weighted by Crippen LogP contribution is -2.39. The molecule has 0 aromatic carbocycles. The van der Waals surface area contributed by atoms with Gasteiger partial charge in [0.15, 0.2) is 0 Å². The number of fused-ring (bicyclic) bond motifs is 2. The maximum absolute atomic E-state index is 11.9. The molecular weight excluding hydrogens is 222 g/mol. The third kappa shape index (κ3) is 1.91. The zero-order valence-corrected chi connectivity index (χ0v) is 9.68. The summed E-state index contributed by atoms with van der Waals surface area (Å²) in [6, 6.07) is -0.525. The van der Waals surface area contributed by atoms with Crippen molar-refractivity contribution in [3.8, 4) is 0 Å². The Morgan fingerprint density at radius 2 is 2.53 bits per heavy atom. The van der Waals surface area contributed by atoms with Crippen LogP contribution in [0.25, 0.3) is 0 Å². The smallest absolute Gasteiger partial charge is 0.344 e. The summed E-state index contributed by atoms with van der Waals surface area (Å²) in [5.41, 5.74) is 0.582. The topological polar surface area (TPSA) is 61.9 Å². The molecular formula is C11H15N3O3. The number of likely N-dealkylation sites (N-methyl/N-ethyl adjacent to an activating group) is 1. The molecule has 1 unspecified atom stereocenters. The van der Waals surface area contributed by atoms with Gasteiger partial charge < -0.3 is 10.2 Å². The van der Waals surface area contributed by atoms with Gasteiger partial charge in [0.25, 0.3) is 0 Å². The summed E-state index contributed by atoms with van der Waals surface area (Å²) in [4.78, 5) is 30.5. The number of nitrogens with zero attached hydrogens (tertiary/aromatic N) is 2. The quantitative estimate of drug-likeness (QED) is 0.694. The van der Waals surface area contributed by atoms with Crippen LogP contribution in [0.15, 0.2) is 24.3 Å². The van der Waals surface area contributed by atoms with Gasteiger partial charge in [0, 0.05) is 19.2 Å². The average Bonchev–Trinajstić information content (AvgIpc) is 2.59. The highest BCUT2D eigenvalue weighted by Gasteiger charge is 2.44. The van der Waals surface area contributed by atoms with Gasteiger partial charge >= 0.3 is 6.03 Å². The SMILES string of the molecule is C=CCON1C(=O)N2CC=C(C(=O)NC)C1C2. The first-order valence-corrected chi connectivity index (χ1v) is 5.43. The number of rotatable bonds is 4. The molecule has 92 valence electrons. The van der Waals surface area contributed by atoms with Crippen molar-refractivity contribution in [3.05, 3.63) is 24.3 Å². The van der Waals surface area contributed by atoms with Crippen molar-refractivity contribution in [2.24, 2.45) is 0 Å². The number of hydrogen-bond donors (Lipinski definition) is 1. The Morgan fingerprint density at radius 1 is 1.76 bits per heavy atom. The van der Waals surface area contributed by atoms with Crippen LogP contribution < -0.4 is 5.32 Å². The second-order valence-electron chi connectivity index (χ2n) is 3.85. The number of carbonyl (C=O) groups is 2. The maximum atomic E-state index is 11.9. The summed E-state index contributed by atoms with van der Waals surface area (Å²) >= 11 is 0. The monoisotopic (exact) mass is 237 g/mol. The Labute approximate surface area is 99.5 Å². The Morgan fingerprint density at radius 3 is 3.18 bits per heavy atom. The van der Waals surface area contributed by atoms with Crippen LogP contribution in [0.3, 0.4) is 0 Å². The summed E-state index contributed by atoms with van der Waals surface area (Å²) in [5.74, 6) is -0.170. The molecule has 1 saturated heterocycles. The van der Waals surface area contributed by atoms with Crippen molar-refractivity contribution < 1.29 is 14.4 Å². The van der Waals surface area contributed by atoms with Crippen molar-refractivity contribution in [2.45, 2.75) is 6.04 Å². The molecule has 3 amide bonds. The number of urea groups is 1. The predicted molar refractivity (Wildman–Crippen MR) is 60.9 cm³/mol. The van der Waals surface area contributed by atoms with Crippen LogP contribution in [0.4, 0.5) is 4.79 Å². The molecule has 0 aromatic rings. The lowest BCUT2D eigenvalue weighted by atomic mass is 10.0. The minimum Gasteiger partial charge on any atom is -0.355 e. The summed E-state index contributed by atoms with van der Waals surface area (Å²) in [6.45, 7) is 4.72. The average molecular weight is 237 g/mol. The van der Waals surface area contributed by atoms with Crippen LogP contribution in [-0.4, -0.2) is 54.7 Å². The maximum Gasteiger partial charge on any atom is 0.344 e. The highest BCUT2D eigenvalue weighted by atomic mass is 16.7. The number of carbonyl (C=O) groups excluding carboxylic acids is 2. The molecule has 6 heteroatoms. The second kappa shape index (κ2) is 4.58. The number of nitrogens with one attached hydrogen (secondary N) is 1. The van der Waals surface area contributed by atoms with E-state index in [2.05, 4.69) is 11.9 Å². The molecule has 1 N–H and O–H groups in total. The zero-order chi connectivity index (χ0) is 12.4. The molecule has 1 atom stereocenters. The molecule has 2 aliphatic heterocycles. The van der Waals surface area contributed by atoms with E-state index in [1.807, 2.05) is 0 Å². The standard InChI is InChI=1S/C11H15N3O3/c1-3-6-17-14-9-7-13(11(14)16)5-4-8(9)10(15)12-2/h3-4,9H,1,5-7H2,2H3,(H,12,15). The lowest BCUT2D eigenvalue weighted by Gasteiger charge is -2.23. The Balaban J connectivity index is 2.19. The van der Waals surface area contributed by atoms with E-state index in [4.69, 9.17) is 4.84 Å². The van der Waals surface area contributed by atoms with E-state index in [1.165, 1.54) is 5.06 Å². The van der Waals surface area contributed by atoms with E-state index in [9.17, 15) is 9.59 Å². The molecule has 0 aromatic heterocycles. The van der Waals surface area contributed by atoms with Gasteiger partial charge in [-0.15, -0.1) is 6.58 Å². The van der Waals surface area contributed by atoms with E-state index < -0.39 is 0 Å². The van der Waals surface area contributed by atoms with Gasteiger partial charge in [-0.2, -0.15) is 5.06 Å². The van der Waals surface area contributed by atoms with E-state index >= 15 is 0 Å². The number of hydroxylamine groups is 2.